The normalized spacial score (nSPS) is 12.9. The third-order valence-corrected chi connectivity index (χ3v) is 2.23. The Kier molecular flexibility index (Phi) is 3.50. The molecule has 11 heavy (non-hydrogen) atoms. The fourth-order valence-electron chi connectivity index (χ4n) is 1.10. The smallest absolute Gasteiger partial charge is 0.0401 e. The first-order chi connectivity index (χ1) is 5.34. The maximum atomic E-state index is 5.30. The highest BCUT2D eigenvalue weighted by atomic mass is 32.1. The number of hydrogen-bond acceptors (Lipinski definition) is 0. The van der Waals surface area contributed by atoms with Crippen molar-refractivity contribution in [2.45, 2.75) is 25.0 Å². The van der Waals surface area contributed by atoms with Crippen LogP contribution in [0.3, 0.4) is 0 Å². The lowest BCUT2D eigenvalue weighted by Crippen LogP contribution is -1.88. The molecule has 1 unspecified atom stereocenters. The van der Waals surface area contributed by atoms with Crippen LogP contribution in [0.5, 0.6) is 0 Å². The predicted octanol–water partition coefficient (Wildman–Crippen LogP) is 3.73. The van der Waals surface area contributed by atoms with Gasteiger partial charge >= 0.3 is 0 Å². The molecule has 0 aliphatic heterocycles. The minimum absolute atomic E-state index is 0.307. The van der Waals surface area contributed by atoms with Gasteiger partial charge in [0.05, 0.1) is 0 Å². The highest BCUT2D eigenvalue weighted by molar-refractivity contribution is 7.80. The molecule has 0 amide bonds. The zero-order valence-corrected chi connectivity index (χ0v) is 7.60. The molecule has 0 heterocycles. The second kappa shape index (κ2) is 4.45. The Morgan fingerprint density at radius 2 is 1.91 bits per heavy atom. The van der Waals surface area contributed by atoms with Crippen LogP contribution in [0.25, 0.3) is 0 Å². The fraction of sp³-hybridized carbons (Fsp3) is 0.400. The van der Waals surface area contributed by atoms with Crippen molar-refractivity contribution in [1.82, 2.24) is 0 Å². The molecule has 0 saturated carbocycles. The second-order valence-corrected chi connectivity index (χ2v) is 3.26. The molecule has 0 aromatic heterocycles. The average molecular weight is 165 g/mol. The van der Waals surface area contributed by atoms with E-state index in [1.165, 1.54) is 12.0 Å². The van der Waals surface area contributed by atoms with Gasteiger partial charge in [-0.1, -0.05) is 56.3 Å². The van der Waals surface area contributed by atoms with Gasteiger partial charge in [-0.2, -0.15) is 0 Å². The summed E-state index contributed by atoms with van der Waals surface area (Å²) in [6, 6.07) is 10.3. The Bertz CT molecular complexity index is 193. The molecule has 1 atom stereocenters. The van der Waals surface area contributed by atoms with Gasteiger partial charge in [-0.3, -0.25) is 0 Å². The molecule has 59 valence electrons. The Hall–Kier alpha value is -0.430. The molecule has 1 radical (unpaired) electrons. The van der Waals surface area contributed by atoms with Gasteiger partial charge in [-0.25, -0.2) is 0 Å². The van der Waals surface area contributed by atoms with Crippen molar-refractivity contribution in [2.75, 3.05) is 0 Å². The molecule has 1 aromatic rings. The van der Waals surface area contributed by atoms with Crippen molar-refractivity contribution in [2.24, 2.45) is 0 Å². The van der Waals surface area contributed by atoms with Crippen LogP contribution in [0.2, 0.25) is 0 Å². The van der Waals surface area contributed by atoms with E-state index in [4.69, 9.17) is 12.6 Å². The van der Waals surface area contributed by atoms with E-state index < -0.39 is 0 Å². The third-order valence-electron chi connectivity index (χ3n) is 1.72. The first-order valence-electron chi connectivity index (χ1n) is 4.05. The highest BCUT2D eigenvalue weighted by Crippen LogP contribution is 2.23. The summed E-state index contributed by atoms with van der Waals surface area (Å²) < 4.78 is 0. The van der Waals surface area contributed by atoms with Crippen molar-refractivity contribution in [3.8, 4) is 0 Å². The van der Waals surface area contributed by atoms with Gasteiger partial charge in [-0.15, -0.1) is 0 Å². The van der Waals surface area contributed by atoms with Crippen LogP contribution < -0.4 is 0 Å². The maximum Gasteiger partial charge on any atom is 0.0401 e. The fourth-order valence-corrected chi connectivity index (χ4v) is 1.49. The lowest BCUT2D eigenvalue weighted by atomic mass is 10.1. The number of rotatable bonds is 3. The standard InChI is InChI=1S/C10H13S/c1-2-6-10(11)9-7-4-3-5-8-9/h3-5,7-8,10H,2,6H2,1H3. The average Bonchev–Trinajstić information content (AvgIpc) is 2.07. The summed E-state index contributed by atoms with van der Waals surface area (Å²) in [5.74, 6) is 0. The molecule has 1 aromatic carbocycles. The molecule has 0 saturated heterocycles. The molecular formula is C10H13S. The molecule has 1 heteroatoms. The van der Waals surface area contributed by atoms with Gasteiger partial charge in [0.25, 0.3) is 0 Å². The summed E-state index contributed by atoms with van der Waals surface area (Å²) in [7, 11) is 0. The monoisotopic (exact) mass is 165 g/mol. The quantitative estimate of drug-likeness (QED) is 0.640. The second-order valence-electron chi connectivity index (χ2n) is 2.69. The van der Waals surface area contributed by atoms with Crippen molar-refractivity contribution < 1.29 is 0 Å². The van der Waals surface area contributed by atoms with Crippen LogP contribution in [-0.2, 0) is 0 Å². The maximum absolute atomic E-state index is 5.30. The summed E-state index contributed by atoms with van der Waals surface area (Å²) in [5.41, 5.74) is 1.28. The topological polar surface area (TPSA) is 0 Å². The Morgan fingerprint density at radius 1 is 1.27 bits per heavy atom. The molecule has 1 rings (SSSR count). The highest BCUT2D eigenvalue weighted by Gasteiger charge is 2.03. The zero-order valence-electron chi connectivity index (χ0n) is 6.79. The largest absolute Gasteiger partial charge is 0.0853 e. The zero-order chi connectivity index (χ0) is 8.10. The van der Waals surface area contributed by atoms with E-state index in [0.717, 1.165) is 6.42 Å². The summed E-state index contributed by atoms with van der Waals surface area (Å²) in [4.78, 5) is 0. The minimum Gasteiger partial charge on any atom is -0.0853 e. The Morgan fingerprint density at radius 3 is 2.45 bits per heavy atom. The SMILES string of the molecule is CCCC([S])c1ccccc1. The van der Waals surface area contributed by atoms with Crippen molar-refractivity contribution in [3.05, 3.63) is 35.9 Å². The van der Waals surface area contributed by atoms with Crippen molar-refractivity contribution in [3.63, 3.8) is 0 Å². The first-order valence-corrected chi connectivity index (χ1v) is 4.52. The van der Waals surface area contributed by atoms with Gasteiger partial charge in [-0.05, 0) is 12.0 Å². The summed E-state index contributed by atoms with van der Waals surface area (Å²) in [6.45, 7) is 2.17. The molecule has 0 fully saturated rings. The molecule has 0 nitrogen and oxygen atoms in total. The van der Waals surface area contributed by atoms with E-state index in [9.17, 15) is 0 Å². The van der Waals surface area contributed by atoms with E-state index >= 15 is 0 Å². The van der Waals surface area contributed by atoms with Gasteiger partial charge < -0.3 is 0 Å². The van der Waals surface area contributed by atoms with Gasteiger partial charge in [0.15, 0.2) is 0 Å². The molecule has 0 spiro atoms. The van der Waals surface area contributed by atoms with Crippen LogP contribution in [-0.4, -0.2) is 0 Å². The van der Waals surface area contributed by atoms with E-state index in [0.29, 0.717) is 5.25 Å². The molecule has 0 aliphatic rings. The lowest BCUT2D eigenvalue weighted by molar-refractivity contribution is 0.783. The van der Waals surface area contributed by atoms with E-state index in [1.54, 1.807) is 0 Å². The molecular weight excluding hydrogens is 152 g/mol. The minimum atomic E-state index is 0.307. The Balaban J connectivity index is 2.61. The number of hydrogen-bond donors (Lipinski definition) is 0. The molecule has 0 N–H and O–H groups in total. The first kappa shape index (κ1) is 8.66. The summed E-state index contributed by atoms with van der Waals surface area (Å²) >= 11 is 5.30. The lowest BCUT2D eigenvalue weighted by Gasteiger charge is -2.06. The van der Waals surface area contributed by atoms with E-state index in [-0.39, 0.29) is 0 Å². The van der Waals surface area contributed by atoms with Gasteiger partial charge in [0.2, 0.25) is 0 Å². The molecule has 0 bridgehead atoms. The van der Waals surface area contributed by atoms with Crippen LogP contribution in [0.15, 0.2) is 30.3 Å². The van der Waals surface area contributed by atoms with E-state index in [1.807, 2.05) is 18.2 Å². The Labute approximate surface area is 74.0 Å². The molecule has 0 aliphatic carbocycles. The third kappa shape index (κ3) is 2.58. The van der Waals surface area contributed by atoms with Crippen LogP contribution in [0, 0.1) is 0 Å². The predicted molar refractivity (Wildman–Crippen MR) is 51.7 cm³/mol. The van der Waals surface area contributed by atoms with Gasteiger partial charge in [0.1, 0.15) is 0 Å². The van der Waals surface area contributed by atoms with Crippen molar-refractivity contribution in [1.29, 1.82) is 0 Å². The summed E-state index contributed by atoms with van der Waals surface area (Å²) in [5, 5.41) is 0.307. The van der Waals surface area contributed by atoms with Crippen LogP contribution in [0.1, 0.15) is 30.6 Å². The summed E-state index contributed by atoms with van der Waals surface area (Å²) in [6.07, 6.45) is 2.28. The van der Waals surface area contributed by atoms with Crippen LogP contribution in [0.4, 0.5) is 0 Å². The van der Waals surface area contributed by atoms with E-state index in [2.05, 4.69) is 19.1 Å². The number of benzene rings is 1. The van der Waals surface area contributed by atoms with Gasteiger partial charge in [0, 0.05) is 5.25 Å². The van der Waals surface area contributed by atoms with Crippen LogP contribution >= 0.6 is 12.6 Å². The van der Waals surface area contributed by atoms with Crippen molar-refractivity contribution >= 4 is 12.6 Å².